The minimum Gasteiger partial charge on any atom is -0.482 e. The van der Waals surface area contributed by atoms with Crippen LogP contribution in [-0.2, 0) is 21.4 Å². The molecule has 0 unspecified atom stereocenters. The van der Waals surface area contributed by atoms with Crippen molar-refractivity contribution in [2.45, 2.75) is 6.54 Å². The van der Waals surface area contributed by atoms with Gasteiger partial charge in [-0.25, -0.2) is 12.7 Å². The second-order valence-electron chi connectivity index (χ2n) is 4.94. The first-order valence-corrected chi connectivity index (χ1v) is 8.16. The summed E-state index contributed by atoms with van der Waals surface area (Å²) in [6.07, 6.45) is 0. The van der Waals surface area contributed by atoms with Crippen molar-refractivity contribution in [3.05, 3.63) is 23.8 Å². The number of sulfonamides is 1. The Hall–Kier alpha value is -1.64. The normalized spacial score (nSPS) is 14.5. The van der Waals surface area contributed by atoms with E-state index in [1.165, 1.54) is 18.4 Å². The molecule has 0 aromatic heterocycles. The van der Waals surface area contributed by atoms with E-state index in [-0.39, 0.29) is 18.3 Å². The number of rotatable bonds is 6. The summed E-state index contributed by atoms with van der Waals surface area (Å²) in [4.78, 5) is 11.2. The van der Waals surface area contributed by atoms with Crippen molar-refractivity contribution in [2.75, 3.05) is 38.3 Å². The molecule has 2 N–H and O–H groups in total. The van der Waals surface area contributed by atoms with Gasteiger partial charge in [-0.3, -0.25) is 4.79 Å². The largest absolute Gasteiger partial charge is 0.482 e. The second kappa shape index (κ2) is 6.42. The number of fused-ring (bicyclic) bond motifs is 1. The molecule has 0 spiro atoms. The van der Waals surface area contributed by atoms with Crippen LogP contribution in [0.3, 0.4) is 0 Å². The number of nitrogens with zero attached hydrogens (tertiary/aromatic N) is 1. The fraction of sp³-hybridized carbons (Fsp3) is 0.462. The van der Waals surface area contributed by atoms with Crippen LogP contribution >= 0.6 is 0 Å². The molecule has 116 valence electrons. The standard InChI is InChI=1S/C13H19N3O4S/c1-16(2)21(18,19)6-5-14-8-10-3-4-12-11(7-10)15-13(17)9-20-12/h3-4,7,14H,5-6,8-9H2,1-2H3,(H,15,17). The van der Waals surface area contributed by atoms with Gasteiger partial charge in [0.25, 0.3) is 5.91 Å². The highest BCUT2D eigenvalue weighted by molar-refractivity contribution is 7.89. The van der Waals surface area contributed by atoms with Crippen LogP contribution in [0.4, 0.5) is 5.69 Å². The predicted molar refractivity (Wildman–Crippen MR) is 79.7 cm³/mol. The molecular formula is C13H19N3O4S. The summed E-state index contributed by atoms with van der Waals surface area (Å²) in [5, 5.41) is 5.81. The number of nitrogens with one attached hydrogen (secondary N) is 2. The van der Waals surface area contributed by atoms with E-state index in [4.69, 9.17) is 4.74 Å². The number of anilines is 1. The molecule has 21 heavy (non-hydrogen) atoms. The SMILES string of the molecule is CN(C)S(=O)(=O)CCNCc1ccc2c(c1)NC(=O)CO2. The first-order valence-electron chi connectivity index (χ1n) is 6.55. The van der Waals surface area contributed by atoms with Gasteiger partial charge >= 0.3 is 0 Å². The van der Waals surface area contributed by atoms with E-state index in [0.717, 1.165) is 5.56 Å². The third-order valence-corrected chi connectivity index (χ3v) is 4.93. The van der Waals surface area contributed by atoms with Gasteiger partial charge in [0.2, 0.25) is 10.0 Å². The van der Waals surface area contributed by atoms with Gasteiger partial charge in [0.1, 0.15) is 5.75 Å². The topological polar surface area (TPSA) is 87.7 Å². The van der Waals surface area contributed by atoms with Gasteiger partial charge in [0.05, 0.1) is 11.4 Å². The molecule has 1 amide bonds. The maximum absolute atomic E-state index is 11.6. The van der Waals surface area contributed by atoms with E-state index < -0.39 is 10.0 Å². The van der Waals surface area contributed by atoms with Gasteiger partial charge in [-0.05, 0) is 17.7 Å². The van der Waals surface area contributed by atoms with Gasteiger partial charge in [-0.15, -0.1) is 0 Å². The Labute approximate surface area is 124 Å². The van der Waals surface area contributed by atoms with Crippen LogP contribution in [0.1, 0.15) is 5.56 Å². The molecule has 0 atom stereocenters. The summed E-state index contributed by atoms with van der Waals surface area (Å²) in [5.74, 6) is 0.517. The highest BCUT2D eigenvalue weighted by Gasteiger charge is 2.16. The van der Waals surface area contributed by atoms with Crippen LogP contribution in [0, 0.1) is 0 Å². The Kier molecular flexibility index (Phi) is 4.81. The van der Waals surface area contributed by atoms with E-state index in [1.54, 1.807) is 6.07 Å². The quantitative estimate of drug-likeness (QED) is 0.722. The Bertz CT molecular complexity index is 628. The lowest BCUT2D eigenvalue weighted by molar-refractivity contribution is -0.118. The minimum atomic E-state index is -3.18. The first kappa shape index (κ1) is 15.7. The van der Waals surface area contributed by atoms with Crippen molar-refractivity contribution in [3.8, 4) is 5.75 Å². The Morgan fingerprint density at radius 2 is 2.14 bits per heavy atom. The molecule has 0 fully saturated rings. The maximum atomic E-state index is 11.6. The summed E-state index contributed by atoms with van der Waals surface area (Å²) < 4.78 is 29.7. The molecule has 0 saturated heterocycles. The lowest BCUT2D eigenvalue weighted by atomic mass is 10.1. The molecule has 1 heterocycles. The van der Waals surface area contributed by atoms with E-state index >= 15 is 0 Å². The van der Waals surface area contributed by atoms with Crippen molar-refractivity contribution in [3.63, 3.8) is 0 Å². The lowest BCUT2D eigenvalue weighted by Crippen LogP contribution is -2.31. The van der Waals surface area contributed by atoms with Crippen molar-refractivity contribution in [2.24, 2.45) is 0 Å². The van der Waals surface area contributed by atoms with Crippen LogP contribution in [0.5, 0.6) is 5.75 Å². The number of hydrogen-bond acceptors (Lipinski definition) is 5. The van der Waals surface area contributed by atoms with E-state index in [1.807, 2.05) is 12.1 Å². The molecule has 0 bridgehead atoms. The third kappa shape index (κ3) is 4.16. The minimum absolute atomic E-state index is 0.0347. The van der Waals surface area contributed by atoms with E-state index in [9.17, 15) is 13.2 Å². The molecule has 0 saturated carbocycles. The second-order valence-corrected chi connectivity index (χ2v) is 7.24. The average Bonchev–Trinajstić information content (AvgIpc) is 2.43. The predicted octanol–water partition coefficient (Wildman–Crippen LogP) is -0.00150. The molecule has 8 heteroatoms. The summed E-state index contributed by atoms with van der Waals surface area (Å²) in [7, 11) is -0.150. The molecule has 1 aliphatic rings. The van der Waals surface area contributed by atoms with Gasteiger partial charge in [-0.2, -0.15) is 0 Å². The Balaban J connectivity index is 1.87. The molecule has 1 aromatic rings. The summed E-state index contributed by atoms with van der Waals surface area (Å²) in [6, 6.07) is 5.49. The lowest BCUT2D eigenvalue weighted by Gasteiger charge is -2.18. The van der Waals surface area contributed by atoms with E-state index in [0.29, 0.717) is 24.5 Å². The zero-order valence-electron chi connectivity index (χ0n) is 12.0. The zero-order chi connectivity index (χ0) is 15.5. The monoisotopic (exact) mass is 313 g/mol. The Morgan fingerprint density at radius 1 is 1.38 bits per heavy atom. The number of ether oxygens (including phenoxy) is 1. The van der Waals surface area contributed by atoms with Crippen LogP contribution in [0.15, 0.2) is 18.2 Å². The molecule has 2 rings (SSSR count). The summed E-state index contributed by atoms with van der Waals surface area (Å²) in [5.41, 5.74) is 1.59. The maximum Gasteiger partial charge on any atom is 0.262 e. The van der Waals surface area contributed by atoms with Crippen LogP contribution in [0.2, 0.25) is 0 Å². The molecule has 7 nitrogen and oxygen atoms in total. The highest BCUT2D eigenvalue weighted by atomic mass is 32.2. The van der Waals surface area contributed by atoms with E-state index in [2.05, 4.69) is 10.6 Å². The average molecular weight is 313 g/mol. The molecule has 0 aliphatic carbocycles. The van der Waals surface area contributed by atoms with Gasteiger partial charge in [0.15, 0.2) is 6.61 Å². The van der Waals surface area contributed by atoms with Crippen LogP contribution < -0.4 is 15.4 Å². The number of carbonyl (C=O) groups excluding carboxylic acids is 1. The molecular weight excluding hydrogens is 294 g/mol. The van der Waals surface area contributed by atoms with Gasteiger partial charge < -0.3 is 15.4 Å². The first-order chi connectivity index (χ1) is 9.88. The number of carbonyl (C=O) groups is 1. The molecule has 1 aromatic carbocycles. The summed E-state index contributed by atoms with van der Waals surface area (Å²) in [6.45, 7) is 0.916. The number of hydrogen-bond donors (Lipinski definition) is 2. The fourth-order valence-electron chi connectivity index (χ4n) is 1.86. The van der Waals surface area contributed by atoms with Crippen LogP contribution in [-0.4, -0.2) is 51.6 Å². The number of amides is 1. The summed E-state index contributed by atoms with van der Waals surface area (Å²) >= 11 is 0. The van der Waals surface area contributed by atoms with Crippen molar-refractivity contribution >= 4 is 21.6 Å². The zero-order valence-corrected chi connectivity index (χ0v) is 12.9. The molecule has 0 radical (unpaired) electrons. The third-order valence-electron chi connectivity index (χ3n) is 3.10. The van der Waals surface area contributed by atoms with Crippen LogP contribution in [0.25, 0.3) is 0 Å². The van der Waals surface area contributed by atoms with Crippen molar-refractivity contribution in [1.29, 1.82) is 0 Å². The smallest absolute Gasteiger partial charge is 0.262 e. The highest BCUT2D eigenvalue weighted by Crippen LogP contribution is 2.28. The fourth-order valence-corrected chi connectivity index (χ4v) is 2.62. The number of benzene rings is 1. The van der Waals surface area contributed by atoms with Gasteiger partial charge in [0, 0.05) is 27.2 Å². The van der Waals surface area contributed by atoms with Gasteiger partial charge in [-0.1, -0.05) is 6.07 Å². The van der Waals surface area contributed by atoms with Crippen molar-refractivity contribution in [1.82, 2.24) is 9.62 Å². The van der Waals surface area contributed by atoms with Crippen molar-refractivity contribution < 1.29 is 17.9 Å². The molecule has 1 aliphatic heterocycles. The Morgan fingerprint density at radius 3 is 2.86 bits per heavy atom.